The van der Waals surface area contributed by atoms with Gasteiger partial charge in [0, 0.05) is 12.5 Å². The van der Waals surface area contributed by atoms with E-state index in [0.29, 0.717) is 13.2 Å². The molecule has 4 heteroatoms. The molecule has 0 radical (unpaired) electrons. The summed E-state index contributed by atoms with van der Waals surface area (Å²) in [6, 6.07) is -0.197. The summed E-state index contributed by atoms with van der Waals surface area (Å²) in [7, 11) is 0. The normalized spacial score (nSPS) is 40.5. The maximum absolute atomic E-state index is 9.75. The van der Waals surface area contributed by atoms with Gasteiger partial charge in [-0.15, -0.1) is 0 Å². The number of ether oxygens (including phenoxy) is 2. The van der Waals surface area contributed by atoms with Crippen molar-refractivity contribution in [3.8, 4) is 0 Å². The molecule has 2 fully saturated rings. The van der Waals surface area contributed by atoms with Crippen molar-refractivity contribution in [2.24, 2.45) is 5.73 Å². The fourth-order valence-electron chi connectivity index (χ4n) is 2.00. The molecular weight excluding hydrogens is 158 g/mol. The monoisotopic (exact) mass is 173 g/mol. The van der Waals surface area contributed by atoms with Gasteiger partial charge < -0.3 is 20.3 Å². The molecule has 1 saturated carbocycles. The van der Waals surface area contributed by atoms with Gasteiger partial charge in [-0.25, -0.2) is 0 Å². The molecule has 0 aromatic rings. The van der Waals surface area contributed by atoms with Crippen LogP contribution in [0.1, 0.15) is 19.3 Å². The van der Waals surface area contributed by atoms with E-state index in [4.69, 9.17) is 15.2 Å². The summed E-state index contributed by atoms with van der Waals surface area (Å²) in [4.78, 5) is 0. The highest BCUT2D eigenvalue weighted by Gasteiger charge is 2.48. The van der Waals surface area contributed by atoms with Gasteiger partial charge in [0.05, 0.1) is 13.2 Å². The third-order valence-electron chi connectivity index (χ3n) is 2.69. The third-order valence-corrected chi connectivity index (χ3v) is 2.69. The zero-order chi connectivity index (χ0) is 8.60. The summed E-state index contributed by atoms with van der Waals surface area (Å²) < 4.78 is 10.8. The van der Waals surface area contributed by atoms with Crippen LogP contribution in [0, 0.1) is 0 Å². The molecule has 12 heavy (non-hydrogen) atoms. The highest BCUT2D eigenvalue weighted by atomic mass is 16.7. The van der Waals surface area contributed by atoms with Crippen LogP contribution in [0.5, 0.6) is 0 Å². The summed E-state index contributed by atoms with van der Waals surface area (Å²) >= 11 is 0. The highest BCUT2D eigenvalue weighted by Crippen LogP contribution is 2.35. The number of hydrogen-bond acceptors (Lipinski definition) is 4. The van der Waals surface area contributed by atoms with Gasteiger partial charge in [-0.05, 0) is 12.8 Å². The number of hydrogen-bond donors (Lipinski definition) is 2. The Kier molecular flexibility index (Phi) is 2.08. The Hall–Kier alpha value is -0.160. The first kappa shape index (κ1) is 8.44. The van der Waals surface area contributed by atoms with Crippen LogP contribution in [0.15, 0.2) is 0 Å². The Labute approximate surface area is 71.6 Å². The standard InChI is InChI=1S/C8H15NO3/c9-6-2-1-3-8(7(6)10)11-4-5-12-8/h6-7,10H,1-5,9H2/t6-,7+/m1/s1. The van der Waals surface area contributed by atoms with Gasteiger partial charge in [0.25, 0.3) is 0 Å². The Bertz CT molecular complexity index is 168. The van der Waals surface area contributed by atoms with E-state index in [1.54, 1.807) is 0 Å². The summed E-state index contributed by atoms with van der Waals surface area (Å²) in [5.74, 6) is -0.766. The van der Waals surface area contributed by atoms with Crippen LogP contribution in [-0.4, -0.2) is 36.3 Å². The molecule has 1 spiro atoms. The maximum atomic E-state index is 9.75. The lowest BCUT2D eigenvalue weighted by Crippen LogP contribution is -2.56. The first-order valence-corrected chi connectivity index (χ1v) is 4.46. The molecule has 1 aliphatic heterocycles. The van der Waals surface area contributed by atoms with Gasteiger partial charge in [0.2, 0.25) is 0 Å². The van der Waals surface area contributed by atoms with Crippen LogP contribution in [-0.2, 0) is 9.47 Å². The molecule has 0 unspecified atom stereocenters. The summed E-state index contributed by atoms with van der Waals surface area (Å²) in [6.07, 6.45) is 1.93. The molecule has 2 rings (SSSR count). The second kappa shape index (κ2) is 2.96. The number of nitrogens with two attached hydrogens (primary N) is 1. The highest BCUT2D eigenvalue weighted by molar-refractivity contribution is 4.93. The molecule has 0 aromatic heterocycles. The summed E-state index contributed by atoms with van der Waals surface area (Å²) in [6.45, 7) is 1.15. The summed E-state index contributed by atoms with van der Waals surface area (Å²) in [5, 5.41) is 9.75. The molecule has 70 valence electrons. The lowest BCUT2D eigenvalue weighted by molar-refractivity contribution is -0.239. The molecular formula is C8H15NO3. The van der Waals surface area contributed by atoms with Crippen molar-refractivity contribution in [3.63, 3.8) is 0 Å². The molecule has 2 aliphatic rings. The van der Waals surface area contributed by atoms with Crippen molar-refractivity contribution in [2.75, 3.05) is 13.2 Å². The Balaban J connectivity index is 2.11. The van der Waals surface area contributed by atoms with Gasteiger partial charge in [0.15, 0.2) is 5.79 Å². The molecule has 1 heterocycles. The van der Waals surface area contributed by atoms with E-state index in [1.807, 2.05) is 0 Å². The second-order valence-corrected chi connectivity index (χ2v) is 3.51. The molecule has 2 atom stereocenters. The van der Waals surface area contributed by atoms with Crippen molar-refractivity contribution >= 4 is 0 Å². The van der Waals surface area contributed by atoms with Crippen molar-refractivity contribution in [3.05, 3.63) is 0 Å². The fourth-order valence-corrected chi connectivity index (χ4v) is 2.00. The van der Waals surface area contributed by atoms with E-state index < -0.39 is 11.9 Å². The number of aliphatic hydroxyl groups excluding tert-OH is 1. The number of aliphatic hydroxyl groups is 1. The van der Waals surface area contributed by atoms with Crippen molar-refractivity contribution in [1.29, 1.82) is 0 Å². The Morgan fingerprint density at radius 1 is 1.33 bits per heavy atom. The predicted molar refractivity (Wildman–Crippen MR) is 42.5 cm³/mol. The molecule has 0 amide bonds. The Morgan fingerprint density at radius 2 is 2.00 bits per heavy atom. The van der Waals surface area contributed by atoms with E-state index in [-0.39, 0.29) is 6.04 Å². The largest absolute Gasteiger partial charge is 0.386 e. The van der Waals surface area contributed by atoms with Gasteiger partial charge >= 0.3 is 0 Å². The average Bonchev–Trinajstić information content (AvgIpc) is 2.50. The minimum absolute atomic E-state index is 0.197. The lowest BCUT2D eigenvalue weighted by Gasteiger charge is -2.39. The first-order chi connectivity index (χ1) is 5.75. The number of rotatable bonds is 0. The smallest absolute Gasteiger partial charge is 0.196 e. The minimum atomic E-state index is -0.766. The molecule has 3 N–H and O–H groups in total. The van der Waals surface area contributed by atoms with Crippen molar-refractivity contribution in [2.45, 2.75) is 37.2 Å². The van der Waals surface area contributed by atoms with Gasteiger partial charge in [-0.1, -0.05) is 0 Å². The predicted octanol–water partition coefficient (Wildman–Crippen LogP) is -0.398. The zero-order valence-corrected chi connectivity index (χ0v) is 7.03. The van der Waals surface area contributed by atoms with E-state index in [9.17, 15) is 5.11 Å². The molecule has 1 aliphatic carbocycles. The quantitative estimate of drug-likeness (QED) is 0.523. The van der Waals surface area contributed by atoms with E-state index in [1.165, 1.54) is 0 Å². The zero-order valence-electron chi connectivity index (χ0n) is 7.03. The van der Waals surface area contributed by atoms with E-state index in [2.05, 4.69) is 0 Å². The van der Waals surface area contributed by atoms with E-state index >= 15 is 0 Å². The fraction of sp³-hybridized carbons (Fsp3) is 1.00. The molecule has 1 saturated heterocycles. The van der Waals surface area contributed by atoms with Crippen LogP contribution >= 0.6 is 0 Å². The van der Waals surface area contributed by atoms with Gasteiger partial charge in [-0.3, -0.25) is 0 Å². The summed E-state index contributed by atoms with van der Waals surface area (Å²) in [5.41, 5.74) is 5.72. The Morgan fingerprint density at radius 3 is 2.67 bits per heavy atom. The van der Waals surface area contributed by atoms with Crippen LogP contribution in [0.4, 0.5) is 0 Å². The van der Waals surface area contributed by atoms with Crippen molar-refractivity contribution < 1.29 is 14.6 Å². The third kappa shape index (κ3) is 1.15. The van der Waals surface area contributed by atoms with Crippen LogP contribution in [0.25, 0.3) is 0 Å². The maximum Gasteiger partial charge on any atom is 0.196 e. The minimum Gasteiger partial charge on any atom is -0.386 e. The SMILES string of the molecule is N[C@@H]1CCCC2(OCCO2)[C@H]1O. The molecule has 0 aromatic carbocycles. The second-order valence-electron chi connectivity index (χ2n) is 3.51. The lowest BCUT2D eigenvalue weighted by atomic mass is 9.87. The topological polar surface area (TPSA) is 64.7 Å². The van der Waals surface area contributed by atoms with E-state index in [0.717, 1.165) is 19.3 Å². The van der Waals surface area contributed by atoms with Crippen LogP contribution in [0.2, 0.25) is 0 Å². The molecule has 4 nitrogen and oxygen atoms in total. The van der Waals surface area contributed by atoms with Gasteiger partial charge in [0.1, 0.15) is 6.10 Å². The van der Waals surface area contributed by atoms with Crippen molar-refractivity contribution in [1.82, 2.24) is 0 Å². The first-order valence-electron chi connectivity index (χ1n) is 4.46. The average molecular weight is 173 g/mol. The van der Waals surface area contributed by atoms with Crippen LogP contribution in [0.3, 0.4) is 0 Å². The van der Waals surface area contributed by atoms with Crippen LogP contribution < -0.4 is 5.73 Å². The molecule has 0 bridgehead atoms. The van der Waals surface area contributed by atoms with Gasteiger partial charge in [-0.2, -0.15) is 0 Å².